The Kier molecular flexibility index (Phi) is 5.60. The Bertz CT molecular complexity index is 436. The van der Waals surface area contributed by atoms with Crippen molar-refractivity contribution in [3.63, 3.8) is 0 Å². The minimum Gasteiger partial charge on any atom is -0.350 e. The second-order valence-electron chi connectivity index (χ2n) is 6.06. The molecule has 1 aromatic rings. The predicted molar refractivity (Wildman–Crippen MR) is 83.0 cm³/mol. The van der Waals surface area contributed by atoms with Crippen molar-refractivity contribution in [3.8, 4) is 0 Å². The summed E-state index contributed by atoms with van der Waals surface area (Å²) in [5.74, 6) is 0.869. The number of hydrogen-bond donors (Lipinski definition) is 2. The number of benzene rings is 1. The van der Waals surface area contributed by atoms with Crippen molar-refractivity contribution in [2.24, 2.45) is 5.92 Å². The van der Waals surface area contributed by atoms with Crippen molar-refractivity contribution in [3.05, 3.63) is 35.4 Å². The van der Waals surface area contributed by atoms with Crippen LogP contribution in [0.25, 0.3) is 0 Å². The first-order chi connectivity index (χ1) is 9.65. The van der Waals surface area contributed by atoms with Crippen LogP contribution in [0.3, 0.4) is 0 Å². The zero-order chi connectivity index (χ0) is 14.4. The maximum atomic E-state index is 12.0. The number of rotatable bonds is 5. The number of piperidine rings is 1. The Morgan fingerprint density at radius 3 is 2.80 bits per heavy atom. The highest BCUT2D eigenvalue weighted by Crippen LogP contribution is 2.19. The van der Waals surface area contributed by atoms with Gasteiger partial charge in [0.05, 0.1) is 0 Å². The SMILES string of the molecule is CC(C)NC(=O)c1cccc(CCC2CCNCC2)c1. The smallest absolute Gasteiger partial charge is 0.251 e. The van der Waals surface area contributed by atoms with Crippen LogP contribution < -0.4 is 10.6 Å². The zero-order valence-corrected chi connectivity index (χ0v) is 12.6. The molecule has 0 bridgehead atoms. The average Bonchev–Trinajstić information content (AvgIpc) is 2.46. The average molecular weight is 274 g/mol. The lowest BCUT2D eigenvalue weighted by atomic mass is 9.91. The van der Waals surface area contributed by atoms with Crippen LogP contribution in [0, 0.1) is 5.92 Å². The molecule has 1 aliphatic heterocycles. The lowest BCUT2D eigenvalue weighted by molar-refractivity contribution is 0.0943. The van der Waals surface area contributed by atoms with E-state index in [0.29, 0.717) is 0 Å². The molecule has 110 valence electrons. The fourth-order valence-electron chi connectivity index (χ4n) is 2.75. The molecule has 3 nitrogen and oxygen atoms in total. The Balaban J connectivity index is 1.90. The zero-order valence-electron chi connectivity index (χ0n) is 12.6. The molecule has 1 amide bonds. The van der Waals surface area contributed by atoms with Gasteiger partial charge >= 0.3 is 0 Å². The van der Waals surface area contributed by atoms with E-state index in [2.05, 4.69) is 16.7 Å². The van der Waals surface area contributed by atoms with E-state index in [4.69, 9.17) is 0 Å². The first kappa shape index (κ1) is 15.0. The second-order valence-corrected chi connectivity index (χ2v) is 6.06. The normalized spacial score (nSPS) is 16.4. The molecule has 2 N–H and O–H groups in total. The summed E-state index contributed by atoms with van der Waals surface area (Å²) >= 11 is 0. The summed E-state index contributed by atoms with van der Waals surface area (Å²) in [4.78, 5) is 12.0. The van der Waals surface area contributed by atoms with Gasteiger partial charge in [0.2, 0.25) is 0 Å². The number of carbonyl (C=O) groups is 1. The topological polar surface area (TPSA) is 41.1 Å². The number of hydrogen-bond acceptors (Lipinski definition) is 2. The monoisotopic (exact) mass is 274 g/mol. The van der Waals surface area contributed by atoms with Crippen LogP contribution in [0.15, 0.2) is 24.3 Å². The van der Waals surface area contributed by atoms with Crippen LogP contribution in [-0.4, -0.2) is 25.0 Å². The molecular weight excluding hydrogens is 248 g/mol. The summed E-state index contributed by atoms with van der Waals surface area (Å²) in [6.45, 7) is 6.28. The molecule has 20 heavy (non-hydrogen) atoms. The Morgan fingerprint density at radius 2 is 2.10 bits per heavy atom. The highest BCUT2D eigenvalue weighted by atomic mass is 16.1. The first-order valence-electron chi connectivity index (χ1n) is 7.75. The van der Waals surface area contributed by atoms with Crippen LogP contribution in [-0.2, 0) is 6.42 Å². The van der Waals surface area contributed by atoms with Gasteiger partial charge in [-0.15, -0.1) is 0 Å². The van der Waals surface area contributed by atoms with Gasteiger partial charge < -0.3 is 10.6 Å². The fraction of sp³-hybridized carbons (Fsp3) is 0.588. The fourth-order valence-corrected chi connectivity index (χ4v) is 2.75. The molecule has 2 rings (SSSR count). The molecule has 0 aliphatic carbocycles. The highest BCUT2D eigenvalue weighted by molar-refractivity contribution is 5.94. The van der Waals surface area contributed by atoms with Gasteiger partial charge in [-0.25, -0.2) is 0 Å². The van der Waals surface area contributed by atoms with Crippen molar-refractivity contribution >= 4 is 5.91 Å². The molecular formula is C17H26N2O. The molecule has 0 atom stereocenters. The van der Waals surface area contributed by atoms with Crippen molar-refractivity contribution in [2.45, 2.75) is 45.6 Å². The summed E-state index contributed by atoms with van der Waals surface area (Å²) in [6, 6.07) is 8.24. The van der Waals surface area contributed by atoms with E-state index < -0.39 is 0 Å². The summed E-state index contributed by atoms with van der Waals surface area (Å²) in [5.41, 5.74) is 2.06. The van der Waals surface area contributed by atoms with Crippen molar-refractivity contribution in [2.75, 3.05) is 13.1 Å². The van der Waals surface area contributed by atoms with E-state index in [-0.39, 0.29) is 11.9 Å². The van der Waals surface area contributed by atoms with Crippen LogP contribution >= 0.6 is 0 Å². The van der Waals surface area contributed by atoms with E-state index in [9.17, 15) is 4.79 Å². The second kappa shape index (κ2) is 7.44. The number of aryl methyl sites for hydroxylation is 1. The highest BCUT2D eigenvalue weighted by Gasteiger charge is 2.13. The molecule has 1 fully saturated rings. The van der Waals surface area contributed by atoms with Gasteiger partial charge in [0.1, 0.15) is 0 Å². The largest absolute Gasteiger partial charge is 0.350 e. The number of nitrogens with one attached hydrogen (secondary N) is 2. The minimum absolute atomic E-state index is 0.0312. The van der Waals surface area contributed by atoms with Crippen molar-refractivity contribution < 1.29 is 4.79 Å². The molecule has 1 saturated heterocycles. The van der Waals surface area contributed by atoms with Crippen molar-refractivity contribution in [1.29, 1.82) is 0 Å². The molecule has 0 radical (unpaired) electrons. The molecule has 0 aromatic heterocycles. The molecule has 0 unspecified atom stereocenters. The molecule has 1 heterocycles. The van der Waals surface area contributed by atoms with Gasteiger partial charge in [-0.2, -0.15) is 0 Å². The first-order valence-corrected chi connectivity index (χ1v) is 7.75. The number of carbonyl (C=O) groups excluding carboxylic acids is 1. The summed E-state index contributed by atoms with van der Waals surface area (Å²) in [7, 11) is 0. The third kappa shape index (κ3) is 4.64. The Labute approximate surface area is 122 Å². The van der Waals surface area contributed by atoms with Crippen molar-refractivity contribution in [1.82, 2.24) is 10.6 Å². The van der Waals surface area contributed by atoms with Gasteiger partial charge in [-0.3, -0.25) is 4.79 Å². The van der Waals surface area contributed by atoms with Gasteiger partial charge in [0.15, 0.2) is 0 Å². The van der Waals surface area contributed by atoms with Gasteiger partial charge in [0.25, 0.3) is 5.91 Å². The van der Waals surface area contributed by atoms with Gasteiger partial charge in [-0.1, -0.05) is 12.1 Å². The third-order valence-corrected chi connectivity index (χ3v) is 3.91. The standard InChI is InChI=1S/C17H26N2O/c1-13(2)19-17(20)16-5-3-4-15(12-16)7-6-14-8-10-18-11-9-14/h3-5,12-14,18H,6-11H2,1-2H3,(H,19,20). The third-order valence-electron chi connectivity index (χ3n) is 3.91. The number of amides is 1. The van der Waals surface area contributed by atoms with E-state index in [1.807, 2.05) is 32.0 Å². The Hall–Kier alpha value is -1.35. The van der Waals surface area contributed by atoms with Crippen LogP contribution in [0.1, 0.15) is 49.0 Å². The molecule has 1 aromatic carbocycles. The molecule has 0 spiro atoms. The predicted octanol–water partition coefficient (Wildman–Crippen LogP) is 2.76. The van der Waals surface area contributed by atoms with E-state index >= 15 is 0 Å². The minimum atomic E-state index is 0.0312. The lowest BCUT2D eigenvalue weighted by Gasteiger charge is -2.22. The van der Waals surface area contributed by atoms with Gasteiger partial charge in [-0.05, 0) is 76.2 Å². The van der Waals surface area contributed by atoms with Gasteiger partial charge in [0, 0.05) is 11.6 Å². The lowest BCUT2D eigenvalue weighted by Crippen LogP contribution is -2.30. The van der Waals surface area contributed by atoms with E-state index in [1.54, 1.807) is 0 Å². The summed E-state index contributed by atoms with van der Waals surface area (Å²) < 4.78 is 0. The van der Waals surface area contributed by atoms with E-state index in [1.165, 1.54) is 24.8 Å². The Morgan fingerprint density at radius 1 is 1.35 bits per heavy atom. The maximum absolute atomic E-state index is 12.0. The summed E-state index contributed by atoms with van der Waals surface area (Å²) in [5, 5.41) is 6.35. The van der Waals surface area contributed by atoms with Crippen LogP contribution in [0.5, 0.6) is 0 Å². The molecule has 1 aliphatic rings. The van der Waals surface area contributed by atoms with E-state index in [0.717, 1.165) is 31.0 Å². The molecule has 3 heteroatoms. The molecule has 0 saturated carbocycles. The quantitative estimate of drug-likeness (QED) is 0.867. The summed E-state index contributed by atoms with van der Waals surface area (Å²) in [6.07, 6.45) is 4.88. The maximum Gasteiger partial charge on any atom is 0.251 e. The van der Waals surface area contributed by atoms with Crippen LogP contribution in [0.2, 0.25) is 0 Å². The van der Waals surface area contributed by atoms with Crippen LogP contribution in [0.4, 0.5) is 0 Å².